The van der Waals surface area contributed by atoms with Crippen molar-refractivity contribution >= 4 is 22.8 Å². The third-order valence-corrected chi connectivity index (χ3v) is 5.01. The molecular weight excluding hydrogens is 356 g/mol. The van der Waals surface area contributed by atoms with Crippen LogP contribution in [0.3, 0.4) is 0 Å². The predicted octanol–water partition coefficient (Wildman–Crippen LogP) is 4.05. The van der Waals surface area contributed by atoms with E-state index in [4.69, 9.17) is 9.15 Å². The van der Waals surface area contributed by atoms with Crippen molar-refractivity contribution in [3.63, 3.8) is 0 Å². The molecule has 4 rings (SSSR count). The number of aromatic nitrogens is 1. The molecule has 6 nitrogen and oxygen atoms in total. The second kappa shape index (κ2) is 7.84. The maximum atomic E-state index is 12.9. The number of esters is 1. The monoisotopic (exact) mass is 378 g/mol. The number of pyridine rings is 1. The number of para-hydroxylation sites is 1. The summed E-state index contributed by atoms with van der Waals surface area (Å²) in [7, 11) is 0. The van der Waals surface area contributed by atoms with E-state index < -0.39 is 12.1 Å². The quantitative estimate of drug-likeness (QED) is 0.641. The summed E-state index contributed by atoms with van der Waals surface area (Å²) in [6, 6.07) is 12.6. The van der Waals surface area contributed by atoms with Gasteiger partial charge in [0.05, 0.1) is 17.3 Å². The molecule has 6 heteroatoms. The molecule has 1 saturated heterocycles. The van der Waals surface area contributed by atoms with Gasteiger partial charge in [-0.2, -0.15) is 0 Å². The van der Waals surface area contributed by atoms with Gasteiger partial charge in [-0.3, -0.25) is 4.79 Å². The Bertz CT molecular complexity index is 991. The summed E-state index contributed by atoms with van der Waals surface area (Å²) in [5, 5.41) is 0.681. The highest BCUT2D eigenvalue weighted by molar-refractivity contribution is 6.05. The number of fused-ring (bicyclic) bond motifs is 1. The van der Waals surface area contributed by atoms with Crippen LogP contribution in [0.15, 0.2) is 53.1 Å². The van der Waals surface area contributed by atoms with E-state index in [1.54, 1.807) is 36.3 Å². The van der Waals surface area contributed by atoms with Crippen LogP contribution in [0.25, 0.3) is 22.4 Å². The molecule has 144 valence electrons. The second-order valence-electron chi connectivity index (χ2n) is 6.98. The Morgan fingerprint density at radius 1 is 1.11 bits per heavy atom. The van der Waals surface area contributed by atoms with Crippen LogP contribution in [0.2, 0.25) is 0 Å². The molecule has 0 unspecified atom stereocenters. The predicted molar refractivity (Wildman–Crippen MR) is 105 cm³/mol. The first-order valence-electron chi connectivity index (χ1n) is 9.57. The van der Waals surface area contributed by atoms with Gasteiger partial charge >= 0.3 is 5.97 Å². The minimum Gasteiger partial charge on any atom is -0.463 e. The molecule has 2 aromatic heterocycles. The van der Waals surface area contributed by atoms with Gasteiger partial charge in [-0.05, 0) is 50.5 Å². The van der Waals surface area contributed by atoms with Gasteiger partial charge in [0, 0.05) is 18.5 Å². The van der Waals surface area contributed by atoms with Crippen LogP contribution < -0.4 is 0 Å². The van der Waals surface area contributed by atoms with Gasteiger partial charge in [0.25, 0.3) is 5.91 Å². The number of carbonyl (C=O) groups is 2. The first-order valence-corrected chi connectivity index (χ1v) is 9.57. The summed E-state index contributed by atoms with van der Waals surface area (Å²) < 4.78 is 11.0. The molecule has 1 atom stereocenters. The zero-order valence-electron chi connectivity index (χ0n) is 15.8. The number of piperidine rings is 1. The Labute approximate surface area is 163 Å². The molecule has 0 radical (unpaired) electrons. The lowest BCUT2D eigenvalue weighted by Gasteiger charge is -2.29. The topological polar surface area (TPSA) is 72.6 Å². The highest BCUT2D eigenvalue weighted by Gasteiger charge is 2.26. The van der Waals surface area contributed by atoms with E-state index in [9.17, 15) is 9.59 Å². The average molecular weight is 378 g/mol. The third-order valence-electron chi connectivity index (χ3n) is 5.01. The number of rotatable bonds is 4. The van der Waals surface area contributed by atoms with Crippen LogP contribution in [0.1, 0.15) is 36.5 Å². The Balaban J connectivity index is 1.62. The molecule has 1 aliphatic heterocycles. The van der Waals surface area contributed by atoms with Gasteiger partial charge in [-0.1, -0.05) is 18.2 Å². The molecule has 1 aromatic carbocycles. The fraction of sp³-hybridized carbons (Fsp3) is 0.318. The number of hydrogen-bond donors (Lipinski definition) is 0. The lowest BCUT2D eigenvalue weighted by Crippen LogP contribution is -2.42. The Morgan fingerprint density at radius 3 is 2.64 bits per heavy atom. The number of benzene rings is 1. The second-order valence-corrected chi connectivity index (χ2v) is 6.98. The molecule has 3 heterocycles. The zero-order chi connectivity index (χ0) is 19.5. The minimum absolute atomic E-state index is 0.141. The summed E-state index contributed by atoms with van der Waals surface area (Å²) in [4.78, 5) is 31.9. The Hall–Kier alpha value is -3.15. The van der Waals surface area contributed by atoms with Crippen LogP contribution >= 0.6 is 0 Å². The van der Waals surface area contributed by atoms with Gasteiger partial charge in [0.15, 0.2) is 11.9 Å². The highest BCUT2D eigenvalue weighted by atomic mass is 16.5. The summed E-state index contributed by atoms with van der Waals surface area (Å²) in [6.45, 7) is 3.08. The largest absolute Gasteiger partial charge is 0.463 e. The molecule has 0 spiro atoms. The van der Waals surface area contributed by atoms with Gasteiger partial charge < -0.3 is 14.1 Å². The van der Waals surface area contributed by atoms with E-state index in [0.29, 0.717) is 27.9 Å². The third kappa shape index (κ3) is 3.63. The molecule has 1 aliphatic rings. The molecule has 0 saturated carbocycles. The maximum Gasteiger partial charge on any atom is 0.339 e. The molecule has 1 fully saturated rings. The average Bonchev–Trinajstić information content (AvgIpc) is 3.28. The fourth-order valence-electron chi connectivity index (χ4n) is 3.54. The maximum absolute atomic E-state index is 12.9. The van der Waals surface area contributed by atoms with Crippen molar-refractivity contribution < 1.29 is 18.7 Å². The van der Waals surface area contributed by atoms with Crippen LogP contribution in [0.5, 0.6) is 0 Å². The van der Waals surface area contributed by atoms with Crippen molar-refractivity contribution in [3.05, 3.63) is 54.3 Å². The van der Waals surface area contributed by atoms with Crippen molar-refractivity contribution in [2.24, 2.45) is 0 Å². The van der Waals surface area contributed by atoms with Gasteiger partial charge in [0.2, 0.25) is 0 Å². The SMILES string of the molecule is C[C@H](OC(=O)c1cc(-c2ccco2)nc2ccccc12)C(=O)N1CCCCC1. The number of ether oxygens (including phenoxy) is 1. The molecule has 0 N–H and O–H groups in total. The summed E-state index contributed by atoms with van der Waals surface area (Å²) in [5.41, 5.74) is 1.58. The molecule has 1 amide bonds. The molecular formula is C22H22N2O4. The summed E-state index contributed by atoms with van der Waals surface area (Å²) in [5.74, 6) is -0.112. The van der Waals surface area contributed by atoms with Crippen LogP contribution in [-0.2, 0) is 9.53 Å². The van der Waals surface area contributed by atoms with Crippen molar-refractivity contribution in [2.75, 3.05) is 13.1 Å². The van der Waals surface area contributed by atoms with E-state index in [1.165, 1.54) is 0 Å². The lowest BCUT2D eigenvalue weighted by atomic mass is 10.1. The van der Waals surface area contributed by atoms with Crippen molar-refractivity contribution in [3.8, 4) is 11.5 Å². The number of likely N-dealkylation sites (tertiary alicyclic amines) is 1. The van der Waals surface area contributed by atoms with Gasteiger partial charge in [-0.25, -0.2) is 9.78 Å². The summed E-state index contributed by atoms with van der Waals surface area (Å²) >= 11 is 0. The molecule has 3 aromatic rings. The van der Waals surface area contributed by atoms with Crippen LogP contribution in [0, 0.1) is 0 Å². The molecule has 0 aliphatic carbocycles. The minimum atomic E-state index is -0.829. The summed E-state index contributed by atoms with van der Waals surface area (Å²) in [6.07, 6.45) is 3.85. The fourth-order valence-corrected chi connectivity index (χ4v) is 3.54. The lowest BCUT2D eigenvalue weighted by molar-refractivity contribution is -0.140. The first kappa shape index (κ1) is 18.2. The Morgan fingerprint density at radius 2 is 1.89 bits per heavy atom. The van der Waals surface area contributed by atoms with E-state index >= 15 is 0 Å². The van der Waals surface area contributed by atoms with E-state index in [2.05, 4.69) is 4.98 Å². The van der Waals surface area contributed by atoms with Crippen LogP contribution in [-0.4, -0.2) is 41.0 Å². The standard InChI is InChI=1S/C22H22N2O4/c1-15(21(25)24-11-5-2-6-12-24)28-22(26)17-14-19(20-10-7-13-27-20)23-18-9-4-3-8-16(17)18/h3-4,7-10,13-15H,2,5-6,11-12H2,1H3/t15-/m0/s1. The normalized spacial score (nSPS) is 15.4. The van der Waals surface area contributed by atoms with Crippen molar-refractivity contribution in [1.29, 1.82) is 0 Å². The van der Waals surface area contributed by atoms with E-state index in [1.807, 2.05) is 24.3 Å². The number of carbonyl (C=O) groups excluding carboxylic acids is 2. The molecule has 28 heavy (non-hydrogen) atoms. The number of nitrogens with zero attached hydrogens (tertiary/aromatic N) is 2. The Kier molecular flexibility index (Phi) is 5.10. The van der Waals surface area contributed by atoms with Crippen LogP contribution in [0.4, 0.5) is 0 Å². The van der Waals surface area contributed by atoms with Crippen molar-refractivity contribution in [2.45, 2.75) is 32.3 Å². The van der Waals surface area contributed by atoms with E-state index in [-0.39, 0.29) is 5.91 Å². The number of hydrogen-bond acceptors (Lipinski definition) is 5. The zero-order valence-corrected chi connectivity index (χ0v) is 15.8. The number of furan rings is 1. The van der Waals surface area contributed by atoms with E-state index in [0.717, 1.165) is 32.4 Å². The first-order chi connectivity index (χ1) is 13.6. The number of amides is 1. The molecule has 0 bridgehead atoms. The highest BCUT2D eigenvalue weighted by Crippen LogP contribution is 2.26. The van der Waals surface area contributed by atoms with Gasteiger partial charge in [0.1, 0.15) is 5.69 Å². The smallest absolute Gasteiger partial charge is 0.339 e. The van der Waals surface area contributed by atoms with Crippen molar-refractivity contribution in [1.82, 2.24) is 9.88 Å². The van der Waals surface area contributed by atoms with Gasteiger partial charge in [-0.15, -0.1) is 0 Å².